The molecule has 0 saturated heterocycles. The van der Waals surface area contributed by atoms with E-state index in [2.05, 4.69) is 25.8 Å². The van der Waals surface area contributed by atoms with Crippen LogP contribution in [0.5, 0.6) is 0 Å². The number of nitrogens with zero attached hydrogens (tertiary/aromatic N) is 1. The van der Waals surface area contributed by atoms with Crippen LogP contribution in [0.15, 0.2) is 0 Å². The monoisotopic (exact) mass is 185 g/mol. The third-order valence-corrected chi connectivity index (χ3v) is 2.94. The molecule has 0 amide bonds. The van der Waals surface area contributed by atoms with Gasteiger partial charge in [-0.15, -0.1) is 0 Å². The summed E-state index contributed by atoms with van der Waals surface area (Å²) in [7, 11) is 2.21. The average Bonchev–Trinajstić information content (AvgIpc) is 2.04. The van der Waals surface area contributed by atoms with Crippen molar-refractivity contribution in [3.8, 4) is 0 Å². The van der Waals surface area contributed by atoms with Gasteiger partial charge in [-0.3, -0.25) is 0 Å². The third-order valence-electron chi connectivity index (χ3n) is 2.94. The number of aliphatic hydroxyl groups excluding tert-OH is 1. The van der Waals surface area contributed by atoms with Crippen molar-refractivity contribution in [3.05, 3.63) is 0 Å². The van der Waals surface area contributed by atoms with Crippen LogP contribution in [0.4, 0.5) is 0 Å². The van der Waals surface area contributed by atoms with Crippen molar-refractivity contribution < 1.29 is 5.11 Å². The second-order valence-electron chi connectivity index (χ2n) is 4.80. The van der Waals surface area contributed by atoms with E-state index in [0.29, 0.717) is 6.04 Å². The molecule has 78 valence electrons. The van der Waals surface area contributed by atoms with E-state index in [-0.39, 0.29) is 6.10 Å². The predicted molar refractivity (Wildman–Crippen MR) is 55.7 cm³/mol. The van der Waals surface area contributed by atoms with E-state index in [9.17, 15) is 5.11 Å². The molecular formula is C11H23NO. The number of aliphatic hydroxyl groups is 1. The molecule has 1 aliphatic rings. The Morgan fingerprint density at radius 1 is 1.23 bits per heavy atom. The van der Waals surface area contributed by atoms with E-state index in [4.69, 9.17) is 0 Å². The number of hydrogen-bond acceptors (Lipinski definition) is 2. The number of rotatable bonds is 3. The van der Waals surface area contributed by atoms with Gasteiger partial charge in [-0.25, -0.2) is 0 Å². The summed E-state index contributed by atoms with van der Waals surface area (Å²) in [5.74, 6) is 0.747. The molecular weight excluding hydrogens is 162 g/mol. The van der Waals surface area contributed by atoms with Gasteiger partial charge >= 0.3 is 0 Å². The van der Waals surface area contributed by atoms with Crippen LogP contribution < -0.4 is 0 Å². The van der Waals surface area contributed by atoms with Gasteiger partial charge < -0.3 is 10.0 Å². The lowest BCUT2D eigenvalue weighted by atomic mass is 9.92. The molecule has 1 saturated carbocycles. The van der Waals surface area contributed by atoms with E-state index in [1.54, 1.807) is 0 Å². The molecule has 0 atom stereocenters. The molecule has 1 fully saturated rings. The van der Waals surface area contributed by atoms with Gasteiger partial charge in [0.25, 0.3) is 0 Å². The molecule has 0 radical (unpaired) electrons. The zero-order valence-electron chi connectivity index (χ0n) is 9.16. The zero-order chi connectivity index (χ0) is 9.84. The van der Waals surface area contributed by atoms with Gasteiger partial charge in [0.05, 0.1) is 6.10 Å². The molecule has 1 aliphatic carbocycles. The SMILES string of the molecule is CC(C)CN(C)C1CCC(O)CC1. The highest BCUT2D eigenvalue weighted by molar-refractivity contribution is 4.77. The van der Waals surface area contributed by atoms with Crippen LogP contribution >= 0.6 is 0 Å². The fraction of sp³-hybridized carbons (Fsp3) is 1.00. The first-order chi connectivity index (χ1) is 6.09. The van der Waals surface area contributed by atoms with Gasteiger partial charge in [0.2, 0.25) is 0 Å². The molecule has 2 heteroatoms. The van der Waals surface area contributed by atoms with Crippen molar-refractivity contribution in [2.75, 3.05) is 13.6 Å². The van der Waals surface area contributed by atoms with Crippen LogP contribution in [0.3, 0.4) is 0 Å². The van der Waals surface area contributed by atoms with Crippen molar-refractivity contribution in [2.45, 2.75) is 51.7 Å². The summed E-state index contributed by atoms with van der Waals surface area (Å²) in [6.45, 7) is 5.70. The summed E-state index contributed by atoms with van der Waals surface area (Å²) in [5.41, 5.74) is 0. The summed E-state index contributed by atoms with van der Waals surface area (Å²) >= 11 is 0. The Morgan fingerprint density at radius 3 is 2.23 bits per heavy atom. The summed E-state index contributed by atoms with van der Waals surface area (Å²) in [4.78, 5) is 2.45. The minimum Gasteiger partial charge on any atom is -0.393 e. The van der Waals surface area contributed by atoms with Crippen molar-refractivity contribution in [1.29, 1.82) is 0 Å². The van der Waals surface area contributed by atoms with E-state index in [0.717, 1.165) is 18.8 Å². The topological polar surface area (TPSA) is 23.5 Å². The summed E-state index contributed by atoms with van der Waals surface area (Å²) in [6.07, 6.45) is 4.30. The van der Waals surface area contributed by atoms with E-state index >= 15 is 0 Å². The van der Waals surface area contributed by atoms with Gasteiger partial charge in [0.15, 0.2) is 0 Å². The molecule has 0 aromatic carbocycles. The third kappa shape index (κ3) is 3.65. The molecule has 0 heterocycles. The van der Waals surface area contributed by atoms with Crippen molar-refractivity contribution in [3.63, 3.8) is 0 Å². The molecule has 0 unspecified atom stereocenters. The van der Waals surface area contributed by atoms with E-state index in [1.807, 2.05) is 0 Å². The maximum Gasteiger partial charge on any atom is 0.0541 e. The van der Waals surface area contributed by atoms with Crippen LogP contribution in [0, 0.1) is 5.92 Å². The normalized spacial score (nSPS) is 30.0. The maximum absolute atomic E-state index is 9.37. The minimum absolute atomic E-state index is 0.0244. The highest BCUT2D eigenvalue weighted by Gasteiger charge is 2.22. The second kappa shape index (κ2) is 4.97. The largest absolute Gasteiger partial charge is 0.393 e. The minimum atomic E-state index is -0.0244. The van der Waals surface area contributed by atoms with Crippen LogP contribution in [-0.2, 0) is 0 Å². The van der Waals surface area contributed by atoms with Crippen LogP contribution in [-0.4, -0.2) is 35.7 Å². The molecule has 2 nitrogen and oxygen atoms in total. The van der Waals surface area contributed by atoms with Crippen LogP contribution in [0.2, 0.25) is 0 Å². The smallest absolute Gasteiger partial charge is 0.0541 e. The van der Waals surface area contributed by atoms with Gasteiger partial charge in [-0.1, -0.05) is 13.8 Å². The summed E-state index contributed by atoms with van der Waals surface area (Å²) in [5, 5.41) is 9.37. The lowest BCUT2D eigenvalue weighted by molar-refractivity contribution is 0.0802. The lowest BCUT2D eigenvalue weighted by Crippen LogP contribution is -2.38. The zero-order valence-corrected chi connectivity index (χ0v) is 9.16. The fourth-order valence-electron chi connectivity index (χ4n) is 2.22. The first kappa shape index (κ1) is 11.0. The van der Waals surface area contributed by atoms with Gasteiger partial charge in [-0.2, -0.15) is 0 Å². The first-order valence-corrected chi connectivity index (χ1v) is 5.48. The van der Waals surface area contributed by atoms with Crippen molar-refractivity contribution in [2.24, 2.45) is 5.92 Å². The summed E-state index contributed by atoms with van der Waals surface area (Å²) in [6, 6.07) is 0.714. The molecule has 1 N–H and O–H groups in total. The van der Waals surface area contributed by atoms with E-state index < -0.39 is 0 Å². The fourth-order valence-corrected chi connectivity index (χ4v) is 2.22. The lowest BCUT2D eigenvalue weighted by Gasteiger charge is -2.33. The predicted octanol–water partition coefficient (Wildman–Crippen LogP) is 1.88. The Balaban J connectivity index is 2.27. The quantitative estimate of drug-likeness (QED) is 0.725. The highest BCUT2D eigenvalue weighted by Crippen LogP contribution is 2.22. The average molecular weight is 185 g/mol. The van der Waals surface area contributed by atoms with Crippen molar-refractivity contribution >= 4 is 0 Å². The van der Waals surface area contributed by atoms with Gasteiger partial charge in [0, 0.05) is 12.6 Å². The Hall–Kier alpha value is -0.0800. The molecule has 0 aliphatic heterocycles. The highest BCUT2D eigenvalue weighted by atomic mass is 16.3. The van der Waals surface area contributed by atoms with Crippen molar-refractivity contribution in [1.82, 2.24) is 4.90 Å². The standard InChI is InChI=1S/C11H23NO/c1-9(2)8-12(3)10-4-6-11(13)7-5-10/h9-11,13H,4-8H2,1-3H3. The molecule has 0 bridgehead atoms. The molecule has 13 heavy (non-hydrogen) atoms. The molecule has 0 spiro atoms. The van der Waals surface area contributed by atoms with Crippen LogP contribution in [0.25, 0.3) is 0 Å². The van der Waals surface area contributed by atoms with E-state index in [1.165, 1.54) is 19.4 Å². The Morgan fingerprint density at radius 2 is 1.77 bits per heavy atom. The molecule has 1 rings (SSSR count). The Kier molecular flexibility index (Phi) is 4.20. The number of hydrogen-bond donors (Lipinski definition) is 1. The van der Waals surface area contributed by atoms with Gasteiger partial charge in [0.1, 0.15) is 0 Å². The maximum atomic E-state index is 9.37. The Labute approximate surface area is 81.9 Å². The first-order valence-electron chi connectivity index (χ1n) is 5.48. The molecule has 0 aromatic heterocycles. The summed E-state index contributed by atoms with van der Waals surface area (Å²) < 4.78 is 0. The van der Waals surface area contributed by atoms with Crippen LogP contribution in [0.1, 0.15) is 39.5 Å². The Bertz CT molecular complexity index is 139. The second-order valence-corrected chi connectivity index (χ2v) is 4.80. The van der Waals surface area contributed by atoms with Gasteiger partial charge in [-0.05, 0) is 38.6 Å². The molecule has 0 aromatic rings.